The lowest BCUT2D eigenvalue weighted by Crippen LogP contribution is -2.22. The van der Waals surface area contributed by atoms with Crippen molar-refractivity contribution in [3.8, 4) is 11.5 Å². The molecule has 34 heavy (non-hydrogen) atoms. The highest BCUT2D eigenvalue weighted by Crippen LogP contribution is 2.41. The molecule has 0 unspecified atom stereocenters. The van der Waals surface area contributed by atoms with Gasteiger partial charge in [-0.05, 0) is 48.2 Å². The van der Waals surface area contributed by atoms with Crippen LogP contribution in [0.5, 0.6) is 11.5 Å². The molecule has 4 rings (SSSR count). The molecule has 1 aliphatic rings. The lowest BCUT2D eigenvalue weighted by Gasteiger charge is -2.21. The van der Waals surface area contributed by atoms with Crippen LogP contribution >= 0.6 is 0 Å². The number of rotatable bonds is 8. The average Bonchev–Trinajstić information content (AvgIpc) is 2.82. The lowest BCUT2D eigenvalue weighted by atomic mass is 9.90. The van der Waals surface area contributed by atoms with Gasteiger partial charge in [-0.1, -0.05) is 51.0 Å². The number of hydrogen-bond acceptors (Lipinski definition) is 6. The van der Waals surface area contributed by atoms with E-state index < -0.39 is 11.6 Å². The van der Waals surface area contributed by atoms with E-state index in [-0.39, 0.29) is 34.0 Å². The summed E-state index contributed by atoms with van der Waals surface area (Å²) in [5.74, 6) is -1.87. The monoisotopic (exact) mass is 456 g/mol. The molecule has 0 saturated heterocycles. The summed E-state index contributed by atoms with van der Waals surface area (Å²) in [6.07, 6.45) is 5.16. The Hall–Kier alpha value is -4.06. The summed E-state index contributed by atoms with van der Waals surface area (Å²) in [6.45, 7) is 4.21. The molecule has 0 atom stereocenters. The van der Waals surface area contributed by atoms with Crippen molar-refractivity contribution in [1.29, 1.82) is 0 Å². The van der Waals surface area contributed by atoms with E-state index in [0.29, 0.717) is 11.4 Å². The second-order valence-corrected chi connectivity index (χ2v) is 8.44. The zero-order valence-electron chi connectivity index (χ0n) is 19.3. The predicted molar refractivity (Wildman–Crippen MR) is 134 cm³/mol. The fourth-order valence-electron chi connectivity index (χ4n) is 4.12. The molecule has 0 heterocycles. The topological polar surface area (TPSA) is 98.7 Å². The summed E-state index contributed by atoms with van der Waals surface area (Å²) in [5, 5.41) is 27.4. The van der Waals surface area contributed by atoms with E-state index in [0.717, 1.165) is 31.8 Å². The number of phenols is 2. The highest BCUT2D eigenvalue weighted by atomic mass is 16.3. The zero-order valence-corrected chi connectivity index (χ0v) is 19.3. The summed E-state index contributed by atoms with van der Waals surface area (Å²) in [5.41, 5.74) is 3.49. The summed E-state index contributed by atoms with van der Waals surface area (Å²) in [6, 6.07) is 16.6. The molecule has 0 aliphatic heterocycles. The Balaban J connectivity index is 1.60. The van der Waals surface area contributed by atoms with Crippen molar-refractivity contribution >= 4 is 28.6 Å². The number of fused-ring (bicyclic) bond motifs is 1. The van der Waals surface area contributed by atoms with Gasteiger partial charge in [0.15, 0.2) is 11.5 Å². The number of carbonyl (C=O) groups excluding carboxylic acids is 2. The minimum atomic E-state index is -0.561. The third-order valence-electron chi connectivity index (χ3n) is 5.82. The predicted octanol–water partition coefficient (Wildman–Crippen LogP) is 6.12. The fraction of sp³-hybridized carbons (Fsp3) is 0.214. The number of allylic oxidation sites excluding steroid dienone is 2. The molecule has 0 aromatic heterocycles. The molecule has 0 amide bonds. The molecule has 3 aromatic carbocycles. The molecule has 4 N–H and O–H groups in total. The van der Waals surface area contributed by atoms with Crippen molar-refractivity contribution in [3.05, 3.63) is 88.6 Å². The summed E-state index contributed by atoms with van der Waals surface area (Å²) in [7, 11) is 0. The SMILES string of the molecule is CCCc1ccc(NC2=CC(=O)c3c(O)c(Nc4ccc(CCC)cc4)cc(O)c3C2=O)cc1. The molecular weight excluding hydrogens is 428 g/mol. The Morgan fingerprint density at radius 1 is 0.735 bits per heavy atom. The van der Waals surface area contributed by atoms with E-state index >= 15 is 0 Å². The van der Waals surface area contributed by atoms with Gasteiger partial charge in [0.05, 0.1) is 22.5 Å². The maximum absolute atomic E-state index is 13.1. The van der Waals surface area contributed by atoms with Gasteiger partial charge in [-0.25, -0.2) is 0 Å². The van der Waals surface area contributed by atoms with Gasteiger partial charge in [0, 0.05) is 23.5 Å². The van der Waals surface area contributed by atoms with Crippen LogP contribution in [0.25, 0.3) is 0 Å². The largest absolute Gasteiger partial charge is 0.507 e. The van der Waals surface area contributed by atoms with Gasteiger partial charge in [-0.3, -0.25) is 9.59 Å². The summed E-state index contributed by atoms with van der Waals surface area (Å²) in [4.78, 5) is 26.0. The number of ketones is 2. The van der Waals surface area contributed by atoms with Gasteiger partial charge in [0.2, 0.25) is 5.78 Å². The number of carbonyl (C=O) groups is 2. The molecule has 0 bridgehead atoms. The second kappa shape index (κ2) is 9.83. The van der Waals surface area contributed by atoms with Gasteiger partial charge in [0.1, 0.15) is 5.75 Å². The molecule has 6 nitrogen and oxygen atoms in total. The third kappa shape index (κ3) is 4.66. The lowest BCUT2D eigenvalue weighted by molar-refractivity contribution is 0.0980. The van der Waals surface area contributed by atoms with E-state index in [1.54, 1.807) is 0 Å². The Morgan fingerprint density at radius 3 is 1.79 bits per heavy atom. The molecule has 0 spiro atoms. The molecule has 1 aliphatic carbocycles. The van der Waals surface area contributed by atoms with Crippen molar-refractivity contribution in [2.75, 3.05) is 10.6 Å². The standard InChI is InChI=1S/C28H28N2O4/c1-3-5-17-7-11-19(12-8-17)29-21-15-23(31)26-25(27(21)33)24(32)16-22(28(26)34)30-20-13-9-18(6-4-2)10-14-20/h7-16,29-31,33H,3-6H2,1-2H3. The second-order valence-electron chi connectivity index (χ2n) is 8.44. The number of Topliss-reactive ketones (excluding diaryl/α,β-unsaturated/α-hetero) is 1. The first-order valence-electron chi connectivity index (χ1n) is 11.5. The van der Waals surface area contributed by atoms with Crippen LogP contribution in [0.2, 0.25) is 0 Å². The first-order valence-corrected chi connectivity index (χ1v) is 11.5. The summed E-state index contributed by atoms with van der Waals surface area (Å²) < 4.78 is 0. The van der Waals surface area contributed by atoms with Crippen LogP contribution in [0.4, 0.5) is 17.1 Å². The molecule has 174 valence electrons. The minimum Gasteiger partial charge on any atom is -0.507 e. The molecular formula is C28H28N2O4. The van der Waals surface area contributed by atoms with Gasteiger partial charge >= 0.3 is 0 Å². The molecule has 0 radical (unpaired) electrons. The van der Waals surface area contributed by atoms with Crippen LogP contribution in [0, 0.1) is 0 Å². The van der Waals surface area contributed by atoms with Gasteiger partial charge < -0.3 is 20.8 Å². The maximum Gasteiger partial charge on any atom is 0.213 e. The minimum absolute atomic E-state index is 0.0441. The van der Waals surface area contributed by atoms with Crippen molar-refractivity contribution in [3.63, 3.8) is 0 Å². The maximum atomic E-state index is 13.1. The Labute approximate surface area is 199 Å². The fourth-order valence-corrected chi connectivity index (χ4v) is 4.12. The smallest absolute Gasteiger partial charge is 0.213 e. The van der Waals surface area contributed by atoms with E-state index in [1.165, 1.54) is 17.2 Å². The number of nitrogens with one attached hydrogen (secondary N) is 2. The van der Waals surface area contributed by atoms with Crippen molar-refractivity contribution < 1.29 is 19.8 Å². The normalized spacial score (nSPS) is 12.8. The van der Waals surface area contributed by atoms with Crippen LogP contribution in [-0.2, 0) is 12.8 Å². The Morgan fingerprint density at radius 2 is 1.26 bits per heavy atom. The molecule has 0 fully saturated rings. The van der Waals surface area contributed by atoms with Crippen LogP contribution in [0.15, 0.2) is 66.4 Å². The van der Waals surface area contributed by atoms with Crippen LogP contribution in [0.1, 0.15) is 58.5 Å². The van der Waals surface area contributed by atoms with Gasteiger partial charge in [-0.15, -0.1) is 0 Å². The highest BCUT2D eigenvalue weighted by molar-refractivity contribution is 6.28. The van der Waals surface area contributed by atoms with Crippen molar-refractivity contribution in [1.82, 2.24) is 0 Å². The Bertz CT molecular complexity index is 1260. The van der Waals surface area contributed by atoms with Gasteiger partial charge in [0.25, 0.3) is 0 Å². The van der Waals surface area contributed by atoms with Crippen molar-refractivity contribution in [2.24, 2.45) is 0 Å². The van der Waals surface area contributed by atoms with Crippen LogP contribution in [-0.4, -0.2) is 21.8 Å². The third-order valence-corrected chi connectivity index (χ3v) is 5.82. The first kappa shape index (κ1) is 23.1. The average molecular weight is 457 g/mol. The van der Waals surface area contributed by atoms with E-state index in [2.05, 4.69) is 24.5 Å². The number of hydrogen-bond donors (Lipinski definition) is 4. The Kier molecular flexibility index (Phi) is 6.68. The number of anilines is 3. The highest BCUT2D eigenvalue weighted by Gasteiger charge is 2.33. The number of benzene rings is 3. The zero-order chi connectivity index (χ0) is 24.2. The first-order chi connectivity index (χ1) is 16.4. The number of aryl methyl sites for hydroxylation is 2. The number of phenolic OH excluding ortho intramolecular Hbond substituents is 2. The van der Waals surface area contributed by atoms with E-state index in [4.69, 9.17) is 0 Å². The molecule has 0 saturated carbocycles. The van der Waals surface area contributed by atoms with Crippen LogP contribution in [0.3, 0.4) is 0 Å². The van der Waals surface area contributed by atoms with E-state index in [9.17, 15) is 19.8 Å². The molecule has 3 aromatic rings. The van der Waals surface area contributed by atoms with Crippen LogP contribution < -0.4 is 10.6 Å². The van der Waals surface area contributed by atoms with Crippen molar-refractivity contribution in [2.45, 2.75) is 39.5 Å². The number of aromatic hydroxyl groups is 2. The van der Waals surface area contributed by atoms with Gasteiger partial charge in [-0.2, -0.15) is 0 Å². The quantitative estimate of drug-likeness (QED) is 0.241. The van der Waals surface area contributed by atoms with E-state index in [1.807, 2.05) is 48.5 Å². The molecule has 6 heteroatoms. The summed E-state index contributed by atoms with van der Waals surface area (Å²) >= 11 is 0.